The molecule has 0 saturated carbocycles. The second-order valence-electron chi connectivity index (χ2n) is 7.29. The van der Waals surface area contributed by atoms with Gasteiger partial charge < -0.3 is 19.5 Å². The van der Waals surface area contributed by atoms with Crippen LogP contribution in [0.1, 0.15) is 22.8 Å². The van der Waals surface area contributed by atoms with Gasteiger partial charge in [-0.3, -0.25) is 9.59 Å². The molecule has 0 fully saturated rings. The molecule has 2 amide bonds. The number of benzene rings is 3. The molecule has 0 bridgehead atoms. The Bertz CT molecular complexity index is 1230. The number of amides is 2. The van der Waals surface area contributed by atoms with E-state index in [9.17, 15) is 9.59 Å². The Morgan fingerprint density at radius 1 is 0.972 bits per heavy atom. The molecule has 0 heterocycles. The Morgan fingerprint density at radius 2 is 1.75 bits per heavy atom. The molecule has 0 aliphatic rings. The molecule has 0 atom stereocenters. The van der Waals surface area contributed by atoms with E-state index in [1.54, 1.807) is 54.6 Å². The number of hydrazone groups is 1. The summed E-state index contributed by atoms with van der Waals surface area (Å²) in [4.78, 5) is 24.5. The largest absolute Gasteiger partial charge is 0.490 e. The van der Waals surface area contributed by atoms with Crippen molar-refractivity contribution in [2.24, 2.45) is 5.10 Å². The molecule has 0 aliphatic heterocycles. The summed E-state index contributed by atoms with van der Waals surface area (Å²) in [6.45, 7) is 6.01. The zero-order valence-corrected chi connectivity index (χ0v) is 20.5. The van der Waals surface area contributed by atoms with Gasteiger partial charge in [0.25, 0.3) is 11.8 Å². The van der Waals surface area contributed by atoms with Gasteiger partial charge >= 0.3 is 0 Å². The summed E-state index contributed by atoms with van der Waals surface area (Å²) >= 11 is 6.27. The number of halogens is 1. The van der Waals surface area contributed by atoms with Crippen molar-refractivity contribution in [1.29, 1.82) is 0 Å². The van der Waals surface area contributed by atoms with E-state index in [1.807, 2.05) is 25.1 Å². The van der Waals surface area contributed by atoms with Crippen LogP contribution in [0.2, 0.25) is 5.02 Å². The molecule has 9 heteroatoms. The van der Waals surface area contributed by atoms with Crippen LogP contribution in [-0.4, -0.2) is 37.8 Å². The molecule has 3 aromatic carbocycles. The molecule has 3 aromatic rings. The van der Waals surface area contributed by atoms with E-state index in [0.29, 0.717) is 52.3 Å². The summed E-state index contributed by atoms with van der Waals surface area (Å²) < 4.78 is 16.6. The number of hydrogen-bond acceptors (Lipinski definition) is 6. The van der Waals surface area contributed by atoms with E-state index >= 15 is 0 Å². The predicted octanol–water partition coefficient (Wildman–Crippen LogP) is 5.08. The van der Waals surface area contributed by atoms with Crippen molar-refractivity contribution >= 4 is 35.3 Å². The zero-order valence-electron chi connectivity index (χ0n) is 19.7. The van der Waals surface area contributed by atoms with Crippen molar-refractivity contribution in [2.45, 2.75) is 6.92 Å². The lowest BCUT2D eigenvalue weighted by Crippen LogP contribution is -2.20. The second kappa shape index (κ2) is 13.6. The fraction of sp³-hybridized carbons (Fsp3) is 0.148. The van der Waals surface area contributed by atoms with Gasteiger partial charge in [0.1, 0.15) is 12.4 Å². The summed E-state index contributed by atoms with van der Waals surface area (Å²) in [5.41, 5.74) is 4.13. The lowest BCUT2D eigenvalue weighted by Gasteiger charge is -2.12. The standard InChI is InChI=1S/C27H26ClN3O5/c1-3-14-35-24-13-11-20(16-25(24)34-4-2)27(33)31-29-17-19-10-12-23(22(28)15-19)36-18-26(32)30-21-8-6-5-7-9-21/h3,5-13,15-17H,1,4,14,18H2,2H3,(H,30,32)(H,31,33)/b29-17+. The average Bonchev–Trinajstić information content (AvgIpc) is 2.88. The number of carbonyl (C=O) groups excluding carboxylic acids is 2. The Balaban J connectivity index is 1.55. The molecule has 0 aliphatic carbocycles. The third-order valence-corrected chi connectivity index (χ3v) is 4.91. The molecule has 0 aromatic heterocycles. The lowest BCUT2D eigenvalue weighted by atomic mass is 10.2. The number of hydrogen-bond donors (Lipinski definition) is 2. The van der Waals surface area contributed by atoms with Crippen LogP contribution in [0.5, 0.6) is 17.2 Å². The highest BCUT2D eigenvalue weighted by molar-refractivity contribution is 6.32. The number of para-hydroxylation sites is 1. The van der Waals surface area contributed by atoms with Crippen LogP contribution >= 0.6 is 11.6 Å². The first-order valence-corrected chi connectivity index (χ1v) is 11.5. The molecule has 0 saturated heterocycles. The summed E-state index contributed by atoms with van der Waals surface area (Å²) in [6.07, 6.45) is 3.07. The average molecular weight is 508 g/mol. The van der Waals surface area contributed by atoms with E-state index in [0.717, 1.165) is 0 Å². The Morgan fingerprint density at radius 3 is 2.47 bits per heavy atom. The fourth-order valence-corrected chi connectivity index (χ4v) is 3.24. The molecular formula is C27H26ClN3O5. The smallest absolute Gasteiger partial charge is 0.271 e. The summed E-state index contributed by atoms with van der Waals surface area (Å²) in [6, 6.07) is 18.9. The highest BCUT2D eigenvalue weighted by Gasteiger charge is 2.11. The van der Waals surface area contributed by atoms with Crippen LogP contribution in [0.4, 0.5) is 5.69 Å². The first-order valence-electron chi connectivity index (χ1n) is 11.1. The first kappa shape index (κ1) is 26.3. The van der Waals surface area contributed by atoms with Crippen LogP contribution in [-0.2, 0) is 4.79 Å². The monoisotopic (exact) mass is 507 g/mol. The van der Waals surface area contributed by atoms with Gasteiger partial charge in [-0.25, -0.2) is 5.43 Å². The molecule has 3 rings (SSSR count). The van der Waals surface area contributed by atoms with Crippen molar-refractivity contribution in [2.75, 3.05) is 25.1 Å². The molecular weight excluding hydrogens is 482 g/mol. The minimum absolute atomic E-state index is 0.195. The van der Waals surface area contributed by atoms with E-state index in [1.165, 1.54) is 6.21 Å². The van der Waals surface area contributed by atoms with Gasteiger partial charge in [0.15, 0.2) is 18.1 Å². The number of nitrogens with zero attached hydrogens (tertiary/aromatic N) is 1. The first-order chi connectivity index (χ1) is 17.5. The van der Waals surface area contributed by atoms with Gasteiger partial charge in [-0.1, -0.05) is 42.5 Å². The highest BCUT2D eigenvalue weighted by Crippen LogP contribution is 2.28. The van der Waals surface area contributed by atoms with Crippen molar-refractivity contribution < 1.29 is 23.8 Å². The summed E-state index contributed by atoms with van der Waals surface area (Å²) in [5, 5.41) is 7.01. The third kappa shape index (κ3) is 7.89. The normalized spacial score (nSPS) is 10.5. The van der Waals surface area contributed by atoms with Crippen LogP contribution in [0.25, 0.3) is 0 Å². The second-order valence-corrected chi connectivity index (χ2v) is 7.69. The summed E-state index contributed by atoms with van der Waals surface area (Å²) in [7, 11) is 0. The quantitative estimate of drug-likeness (QED) is 0.202. The fourth-order valence-electron chi connectivity index (χ4n) is 2.99. The van der Waals surface area contributed by atoms with Gasteiger partial charge in [-0.05, 0) is 61.0 Å². The molecule has 2 N–H and O–H groups in total. The molecule has 186 valence electrons. The topological polar surface area (TPSA) is 98.3 Å². The van der Waals surface area contributed by atoms with Gasteiger partial charge in [0, 0.05) is 11.3 Å². The molecule has 36 heavy (non-hydrogen) atoms. The maximum atomic E-state index is 12.5. The molecule has 0 radical (unpaired) electrons. The maximum Gasteiger partial charge on any atom is 0.271 e. The van der Waals surface area contributed by atoms with Crippen molar-refractivity contribution in [3.63, 3.8) is 0 Å². The van der Waals surface area contributed by atoms with Crippen LogP contribution < -0.4 is 25.0 Å². The lowest BCUT2D eigenvalue weighted by molar-refractivity contribution is -0.118. The van der Waals surface area contributed by atoms with Gasteiger partial charge in [0.2, 0.25) is 0 Å². The van der Waals surface area contributed by atoms with Gasteiger partial charge in [-0.15, -0.1) is 0 Å². The van der Waals surface area contributed by atoms with E-state index in [4.69, 9.17) is 25.8 Å². The van der Waals surface area contributed by atoms with E-state index in [-0.39, 0.29) is 12.5 Å². The molecule has 0 spiro atoms. The van der Waals surface area contributed by atoms with Crippen molar-refractivity contribution in [3.05, 3.63) is 95.5 Å². The number of anilines is 1. The van der Waals surface area contributed by atoms with Crippen molar-refractivity contribution in [3.8, 4) is 17.2 Å². The van der Waals surface area contributed by atoms with E-state index < -0.39 is 5.91 Å². The van der Waals surface area contributed by atoms with Crippen LogP contribution in [0.15, 0.2) is 84.5 Å². The Kier molecular flexibility index (Phi) is 9.90. The highest BCUT2D eigenvalue weighted by atomic mass is 35.5. The minimum Gasteiger partial charge on any atom is -0.490 e. The minimum atomic E-state index is -0.419. The predicted molar refractivity (Wildman–Crippen MR) is 140 cm³/mol. The number of ether oxygens (including phenoxy) is 3. The van der Waals surface area contributed by atoms with Gasteiger partial charge in [-0.2, -0.15) is 5.10 Å². The summed E-state index contributed by atoms with van der Waals surface area (Å²) in [5.74, 6) is 0.599. The van der Waals surface area contributed by atoms with E-state index in [2.05, 4.69) is 22.4 Å². The number of rotatable bonds is 12. The van der Waals surface area contributed by atoms with Crippen LogP contribution in [0, 0.1) is 0 Å². The molecule has 0 unspecified atom stereocenters. The number of carbonyl (C=O) groups is 2. The zero-order chi connectivity index (χ0) is 25.8. The SMILES string of the molecule is C=CCOc1ccc(C(=O)N/N=C/c2ccc(OCC(=O)Nc3ccccc3)c(Cl)c2)cc1OCC. The van der Waals surface area contributed by atoms with Crippen molar-refractivity contribution in [1.82, 2.24) is 5.43 Å². The Labute approximate surface area is 214 Å². The van der Waals surface area contributed by atoms with Gasteiger partial charge in [0.05, 0.1) is 17.8 Å². The molecule has 8 nitrogen and oxygen atoms in total. The Hall–Kier alpha value is -4.30. The van der Waals surface area contributed by atoms with Crippen LogP contribution in [0.3, 0.4) is 0 Å². The number of nitrogens with one attached hydrogen (secondary N) is 2. The maximum absolute atomic E-state index is 12.5. The third-order valence-electron chi connectivity index (χ3n) is 4.61.